The van der Waals surface area contributed by atoms with Crippen LogP contribution in [0.3, 0.4) is 0 Å². The molecule has 0 unspecified atom stereocenters. The van der Waals surface area contributed by atoms with Gasteiger partial charge in [-0.3, -0.25) is 4.79 Å². The molecule has 0 atom stereocenters. The van der Waals surface area contributed by atoms with Gasteiger partial charge in [0.25, 0.3) is 5.56 Å². The number of nitrogens with zero attached hydrogens (tertiary/aromatic N) is 1. The Morgan fingerprint density at radius 2 is 2.22 bits per heavy atom. The Bertz CT molecular complexity index is 265. The standard InChI is InChI=1S/C5H7N3O/c6-4-1-2-5(9)8(7)3-4/h1-3H,6-7H2/p+1. The van der Waals surface area contributed by atoms with Gasteiger partial charge in [-0.1, -0.05) is 0 Å². The van der Waals surface area contributed by atoms with E-state index < -0.39 is 0 Å². The average Bonchev–Trinajstić information content (AvgIpc) is 1.80. The third kappa shape index (κ3) is 1.09. The maximum absolute atomic E-state index is 10.6. The Morgan fingerprint density at radius 1 is 1.56 bits per heavy atom. The fourth-order valence-electron chi connectivity index (χ4n) is 0.550. The van der Waals surface area contributed by atoms with Crippen LogP contribution in [0.1, 0.15) is 0 Å². The first-order chi connectivity index (χ1) is 4.20. The van der Waals surface area contributed by atoms with Crippen molar-refractivity contribution in [2.75, 3.05) is 5.84 Å². The number of nitrogens with two attached hydrogens (primary N) is 1. The molecule has 0 saturated heterocycles. The summed E-state index contributed by atoms with van der Waals surface area (Å²) in [5, 5.41) is 0. The van der Waals surface area contributed by atoms with Gasteiger partial charge in [0.2, 0.25) is 0 Å². The summed E-state index contributed by atoms with van der Waals surface area (Å²) in [6, 6.07) is 2.99. The van der Waals surface area contributed by atoms with E-state index in [1.54, 1.807) is 6.07 Å². The predicted octanol–water partition coefficient (Wildman–Crippen LogP) is -1.56. The lowest BCUT2D eigenvalue weighted by Gasteiger charge is -1.92. The molecule has 4 heteroatoms. The second kappa shape index (κ2) is 1.91. The van der Waals surface area contributed by atoms with Crippen LogP contribution in [0.4, 0.5) is 5.69 Å². The maximum Gasteiger partial charge on any atom is 0.269 e. The molecule has 0 saturated carbocycles. The highest BCUT2D eigenvalue weighted by Crippen LogP contribution is 1.87. The highest BCUT2D eigenvalue weighted by molar-refractivity contribution is 5.22. The van der Waals surface area contributed by atoms with Crippen LogP contribution in [0.25, 0.3) is 0 Å². The molecule has 5 N–H and O–H groups in total. The Balaban J connectivity index is 3.34. The van der Waals surface area contributed by atoms with Crippen molar-refractivity contribution in [1.82, 2.24) is 4.68 Å². The smallest absolute Gasteiger partial charge is 0.269 e. The third-order valence-corrected chi connectivity index (χ3v) is 0.999. The number of aromatic nitrogens is 1. The number of rotatable bonds is 0. The largest absolute Gasteiger partial charge is 0.336 e. The summed E-state index contributed by atoms with van der Waals surface area (Å²) < 4.78 is 1.00. The molecule has 1 aromatic heterocycles. The predicted molar refractivity (Wildman–Crippen MR) is 33.4 cm³/mol. The topological polar surface area (TPSA) is 75.7 Å². The van der Waals surface area contributed by atoms with Crippen LogP contribution in [0.15, 0.2) is 23.1 Å². The van der Waals surface area contributed by atoms with Gasteiger partial charge in [0.15, 0.2) is 0 Å². The molecule has 0 aliphatic carbocycles. The molecule has 0 fully saturated rings. The summed E-state index contributed by atoms with van der Waals surface area (Å²) in [5.41, 5.74) is 4.10. The first-order valence-corrected chi connectivity index (χ1v) is 2.50. The Hall–Kier alpha value is -1.29. The molecule has 0 aromatic carbocycles. The molecular formula is C5H8N3O+. The molecule has 0 radical (unpaired) electrons. The zero-order valence-electron chi connectivity index (χ0n) is 4.87. The summed E-state index contributed by atoms with van der Waals surface area (Å²) in [5.74, 6) is 5.18. The van der Waals surface area contributed by atoms with Crippen molar-refractivity contribution in [2.45, 2.75) is 0 Å². The van der Waals surface area contributed by atoms with E-state index in [1.807, 2.05) is 0 Å². The van der Waals surface area contributed by atoms with Gasteiger partial charge >= 0.3 is 0 Å². The number of nitrogen functional groups attached to an aromatic ring is 1. The molecule has 1 heterocycles. The van der Waals surface area contributed by atoms with Crippen molar-refractivity contribution < 1.29 is 5.73 Å². The van der Waals surface area contributed by atoms with E-state index in [2.05, 4.69) is 5.73 Å². The monoisotopic (exact) mass is 126 g/mol. The van der Waals surface area contributed by atoms with Crippen LogP contribution in [-0.4, -0.2) is 4.68 Å². The Morgan fingerprint density at radius 3 is 2.67 bits per heavy atom. The average molecular weight is 126 g/mol. The van der Waals surface area contributed by atoms with Gasteiger partial charge in [0.05, 0.1) is 6.20 Å². The highest BCUT2D eigenvalue weighted by atomic mass is 16.1. The summed E-state index contributed by atoms with van der Waals surface area (Å²) in [7, 11) is 0. The molecule has 0 bridgehead atoms. The van der Waals surface area contributed by atoms with E-state index in [1.165, 1.54) is 12.3 Å². The van der Waals surface area contributed by atoms with Gasteiger partial charge < -0.3 is 11.6 Å². The fourth-order valence-corrected chi connectivity index (χ4v) is 0.550. The summed E-state index contributed by atoms with van der Waals surface area (Å²) >= 11 is 0. The van der Waals surface area contributed by atoms with E-state index in [-0.39, 0.29) is 5.56 Å². The van der Waals surface area contributed by atoms with Crippen LogP contribution in [-0.2, 0) is 0 Å². The summed E-state index contributed by atoms with van der Waals surface area (Å²) in [4.78, 5) is 10.6. The van der Waals surface area contributed by atoms with Crippen molar-refractivity contribution in [3.05, 3.63) is 28.7 Å². The van der Waals surface area contributed by atoms with Gasteiger partial charge in [-0.2, -0.15) is 0 Å². The fraction of sp³-hybridized carbons (Fsp3) is 0. The number of hydrogen-bond acceptors (Lipinski definition) is 2. The van der Waals surface area contributed by atoms with Gasteiger partial charge in [0, 0.05) is 12.1 Å². The molecule has 0 aliphatic rings. The zero-order chi connectivity index (χ0) is 6.85. The van der Waals surface area contributed by atoms with Gasteiger partial charge in [-0.25, -0.2) is 4.68 Å². The maximum atomic E-state index is 10.6. The first-order valence-electron chi connectivity index (χ1n) is 2.50. The second-order valence-electron chi connectivity index (χ2n) is 1.78. The lowest BCUT2D eigenvalue weighted by atomic mass is 10.4. The first kappa shape index (κ1) is 5.84. The molecule has 1 aromatic rings. The van der Waals surface area contributed by atoms with Crippen molar-refractivity contribution in [3.63, 3.8) is 0 Å². The molecular weight excluding hydrogens is 118 g/mol. The second-order valence-corrected chi connectivity index (χ2v) is 1.78. The molecule has 0 aliphatic heterocycles. The van der Waals surface area contributed by atoms with Crippen molar-refractivity contribution in [3.8, 4) is 0 Å². The van der Waals surface area contributed by atoms with Crippen molar-refractivity contribution in [1.29, 1.82) is 0 Å². The minimum atomic E-state index is -0.220. The Labute approximate surface area is 51.7 Å². The van der Waals surface area contributed by atoms with Crippen LogP contribution >= 0.6 is 0 Å². The van der Waals surface area contributed by atoms with E-state index in [4.69, 9.17) is 5.84 Å². The van der Waals surface area contributed by atoms with Gasteiger partial charge in [-0.05, 0) is 0 Å². The quantitative estimate of drug-likeness (QED) is 0.412. The minimum Gasteiger partial charge on any atom is -0.336 e. The van der Waals surface area contributed by atoms with E-state index in [9.17, 15) is 4.79 Å². The van der Waals surface area contributed by atoms with Crippen LogP contribution < -0.4 is 17.1 Å². The van der Waals surface area contributed by atoms with Gasteiger partial charge in [0.1, 0.15) is 5.69 Å². The van der Waals surface area contributed by atoms with Crippen LogP contribution in [0, 0.1) is 0 Å². The minimum absolute atomic E-state index is 0.220. The molecule has 0 amide bonds. The van der Waals surface area contributed by atoms with Crippen molar-refractivity contribution >= 4 is 5.69 Å². The highest BCUT2D eigenvalue weighted by Gasteiger charge is 1.90. The molecule has 48 valence electrons. The molecule has 9 heavy (non-hydrogen) atoms. The normalized spacial score (nSPS) is 9.44. The number of pyridine rings is 1. The number of quaternary nitrogens is 1. The zero-order valence-corrected chi connectivity index (χ0v) is 4.87. The third-order valence-electron chi connectivity index (χ3n) is 0.999. The van der Waals surface area contributed by atoms with E-state index in [0.717, 1.165) is 10.4 Å². The lowest BCUT2D eigenvalue weighted by Crippen LogP contribution is -2.42. The summed E-state index contributed by atoms with van der Waals surface area (Å²) in [6.45, 7) is 0. The Kier molecular flexibility index (Phi) is 1.24. The van der Waals surface area contributed by atoms with Gasteiger partial charge in [-0.15, -0.1) is 0 Å². The lowest BCUT2D eigenvalue weighted by molar-refractivity contribution is -0.255. The molecule has 4 nitrogen and oxygen atoms in total. The van der Waals surface area contributed by atoms with Crippen LogP contribution in [0.2, 0.25) is 0 Å². The van der Waals surface area contributed by atoms with Crippen LogP contribution in [0.5, 0.6) is 0 Å². The van der Waals surface area contributed by atoms with E-state index >= 15 is 0 Å². The van der Waals surface area contributed by atoms with Crippen molar-refractivity contribution in [2.24, 2.45) is 0 Å². The van der Waals surface area contributed by atoms with E-state index in [0.29, 0.717) is 0 Å². The SMILES string of the molecule is Nn1cc([NH3+])ccc1=O. The summed E-state index contributed by atoms with van der Waals surface area (Å²) in [6.07, 6.45) is 1.47. The number of hydrogen-bond donors (Lipinski definition) is 2. The molecule has 0 spiro atoms. The molecule has 1 rings (SSSR count).